The fraction of sp³-hybridized carbons (Fsp3) is 0.364. The number of para-hydroxylation sites is 1. The Morgan fingerprint density at radius 1 is 0.966 bits per heavy atom. The van der Waals surface area contributed by atoms with Crippen LogP contribution in [-0.4, -0.2) is 45.9 Å². The van der Waals surface area contributed by atoms with Gasteiger partial charge in [0, 0.05) is 12.2 Å². The van der Waals surface area contributed by atoms with E-state index in [1.165, 1.54) is 21.3 Å². The van der Waals surface area contributed by atoms with Gasteiger partial charge >= 0.3 is 5.97 Å². The lowest BCUT2D eigenvalue weighted by molar-refractivity contribution is -0.153. The van der Waals surface area contributed by atoms with Crippen molar-refractivity contribution in [2.24, 2.45) is 0 Å². The number of rotatable bonds is 9. The fourth-order valence-electron chi connectivity index (χ4n) is 2.99. The second-order valence-corrected chi connectivity index (χ2v) is 6.26. The van der Waals surface area contributed by atoms with Crippen molar-refractivity contribution < 1.29 is 28.5 Å². The summed E-state index contributed by atoms with van der Waals surface area (Å²) in [5.41, 5.74) is 1.38. The molecule has 2 aromatic rings. The van der Waals surface area contributed by atoms with Crippen molar-refractivity contribution in [1.82, 2.24) is 0 Å². The van der Waals surface area contributed by atoms with Crippen molar-refractivity contribution in [3.63, 3.8) is 0 Å². The Balaban J connectivity index is 2.09. The zero-order valence-corrected chi connectivity index (χ0v) is 17.4. The Morgan fingerprint density at radius 2 is 1.55 bits per heavy atom. The van der Waals surface area contributed by atoms with Crippen LogP contribution < -0.4 is 19.1 Å². The summed E-state index contributed by atoms with van der Waals surface area (Å²) < 4.78 is 21.3. The number of hydrogen-bond acceptors (Lipinski definition) is 6. The van der Waals surface area contributed by atoms with Crippen molar-refractivity contribution in [3.05, 3.63) is 48.0 Å². The Hall–Kier alpha value is -3.22. The number of ether oxygens (including phenoxy) is 4. The van der Waals surface area contributed by atoms with Gasteiger partial charge in [0.15, 0.2) is 17.6 Å². The minimum absolute atomic E-state index is 0.0359. The highest BCUT2D eigenvalue weighted by molar-refractivity contribution is 5.97. The first-order valence-corrected chi connectivity index (χ1v) is 9.29. The number of hydrogen-bond donors (Lipinski definition) is 0. The first-order chi connectivity index (χ1) is 13.9. The lowest BCUT2D eigenvalue weighted by atomic mass is 10.1. The van der Waals surface area contributed by atoms with Crippen LogP contribution >= 0.6 is 0 Å². The Kier molecular flexibility index (Phi) is 7.88. The van der Waals surface area contributed by atoms with E-state index in [1.807, 2.05) is 37.3 Å². The Labute approximate surface area is 171 Å². The first kappa shape index (κ1) is 22.1. The number of methoxy groups -OCH3 is 3. The van der Waals surface area contributed by atoms with Gasteiger partial charge < -0.3 is 23.8 Å². The number of esters is 1. The molecule has 0 aromatic heterocycles. The first-order valence-electron chi connectivity index (χ1n) is 9.29. The van der Waals surface area contributed by atoms with E-state index in [1.54, 1.807) is 24.0 Å². The summed E-state index contributed by atoms with van der Waals surface area (Å²) in [7, 11) is 4.51. The van der Waals surface area contributed by atoms with Crippen LogP contribution in [0.3, 0.4) is 0 Å². The van der Waals surface area contributed by atoms with Crippen molar-refractivity contribution in [2.75, 3.05) is 32.8 Å². The molecule has 0 saturated carbocycles. The monoisotopic (exact) mass is 401 g/mol. The van der Waals surface area contributed by atoms with Crippen LogP contribution in [0.25, 0.3) is 0 Å². The maximum absolute atomic E-state index is 12.7. The smallest absolute Gasteiger partial charge is 0.311 e. The predicted octanol–water partition coefficient (Wildman–Crippen LogP) is 3.24. The van der Waals surface area contributed by atoms with Gasteiger partial charge in [-0.25, -0.2) is 0 Å². The maximum Gasteiger partial charge on any atom is 0.311 e. The summed E-state index contributed by atoms with van der Waals surface area (Å²) in [4.78, 5) is 26.7. The zero-order valence-electron chi connectivity index (χ0n) is 17.4. The molecule has 2 aromatic carbocycles. The van der Waals surface area contributed by atoms with Crippen molar-refractivity contribution in [3.8, 4) is 17.2 Å². The quantitative estimate of drug-likeness (QED) is 0.601. The zero-order chi connectivity index (χ0) is 21.4. The van der Waals surface area contributed by atoms with Gasteiger partial charge in [-0.1, -0.05) is 18.2 Å². The van der Waals surface area contributed by atoms with Gasteiger partial charge in [0.2, 0.25) is 5.75 Å². The molecule has 156 valence electrons. The summed E-state index contributed by atoms with van der Waals surface area (Å²) in [5.74, 6) is 0.526. The standard InChI is InChI=1S/C22H27NO6/c1-6-23(17-10-8-7-9-11-17)22(25)15(2)29-20(24)14-16-12-18(26-3)21(28-5)19(13-16)27-4/h7-13,15H,6,14H2,1-5H3/t15-/m1/s1. The molecule has 0 aliphatic carbocycles. The van der Waals surface area contributed by atoms with E-state index >= 15 is 0 Å². The molecule has 0 spiro atoms. The molecule has 0 aliphatic rings. The van der Waals surface area contributed by atoms with Gasteiger partial charge in [0.1, 0.15) is 0 Å². The predicted molar refractivity (Wildman–Crippen MR) is 110 cm³/mol. The van der Waals surface area contributed by atoms with Crippen molar-refractivity contribution in [1.29, 1.82) is 0 Å². The largest absolute Gasteiger partial charge is 0.493 e. The van der Waals surface area contributed by atoms with E-state index in [2.05, 4.69) is 0 Å². The van der Waals surface area contributed by atoms with Crippen LogP contribution in [0.5, 0.6) is 17.2 Å². The molecule has 0 saturated heterocycles. The molecule has 1 atom stereocenters. The third-order valence-electron chi connectivity index (χ3n) is 4.38. The van der Waals surface area contributed by atoms with Crippen molar-refractivity contribution >= 4 is 17.6 Å². The lowest BCUT2D eigenvalue weighted by Crippen LogP contribution is -2.40. The average Bonchev–Trinajstić information content (AvgIpc) is 2.73. The minimum Gasteiger partial charge on any atom is -0.493 e. The molecule has 0 unspecified atom stereocenters. The van der Waals surface area contributed by atoms with E-state index in [4.69, 9.17) is 18.9 Å². The Morgan fingerprint density at radius 3 is 2.03 bits per heavy atom. The normalized spacial score (nSPS) is 11.3. The van der Waals surface area contributed by atoms with Gasteiger partial charge in [-0.3, -0.25) is 9.59 Å². The maximum atomic E-state index is 12.7. The topological polar surface area (TPSA) is 74.3 Å². The van der Waals surface area contributed by atoms with E-state index < -0.39 is 12.1 Å². The van der Waals surface area contributed by atoms with E-state index in [-0.39, 0.29) is 12.3 Å². The molecule has 0 N–H and O–H groups in total. The number of benzene rings is 2. The summed E-state index contributed by atoms with van der Waals surface area (Å²) in [6, 6.07) is 12.6. The molecular weight excluding hydrogens is 374 g/mol. The Bertz CT molecular complexity index is 811. The molecule has 0 heterocycles. The van der Waals surface area contributed by atoms with Gasteiger partial charge in [-0.2, -0.15) is 0 Å². The second kappa shape index (κ2) is 10.4. The van der Waals surface area contributed by atoms with Crippen LogP contribution in [0.2, 0.25) is 0 Å². The van der Waals surface area contributed by atoms with Gasteiger partial charge in [0.05, 0.1) is 27.8 Å². The average molecular weight is 401 g/mol. The summed E-state index contributed by atoms with van der Waals surface area (Å²) in [6.45, 7) is 3.91. The fourth-order valence-corrected chi connectivity index (χ4v) is 2.99. The van der Waals surface area contributed by atoms with Gasteiger partial charge in [-0.05, 0) is 43.7 Å². The molecule has 0 bridgehead atoms. The highest BCUT2D eigenvalue weighted by Gasteiger charge is 2.24. The van der Waals surface area contributed by atoms with Crippen molar-refractivity contribution in [2.45, 2.75) is 26.4 Å². The third-order valence-corrected chi connectivity index (χ3v) is 4.38. The minimum atomic E-state index is -0.912. The van der Waals surface area contributed by atoms with Gasteiger partial charge in [-0.15, -0.1) is 0 Å². The molecule has 0 fully saturated rings. The summed E-state index contributed by atoms with van der Waals surface area (Å²) >= 11 is 0. The number of amides is 1. The molecule has 29 heavy (non-hydrogen) atoms. The second-order valence-electron chi connectivity index (χ2n) is 6.26. The highest BCUT2D eigenvalue weighted by atomic mass is 16.5. The molecule has 7 nitrogen and oxygen atoms in total. The van der Waals surface area contributed by atoms with Gasteiger partial charge in [0.25, 0.3) is 5.91 Å². The summed E-state index contributed by atoms with van der Waals surface area (Å²) in [6.07, 6.45) is -0.948. The number of anilines is 1. The van der Waals surface area contributed by atoms with Crippen LogP contribution in [0.1, 0.15) is 19.4 Å². The molecule has 0 radical (unpaired) electrons. The lowest BCUT2D eigenvalue weighted by Gasteiger charge is -2.24. The summed E-state index contributed by atoms with van der Waals surface area (Å²) in [5, 5.41) is 0. The SMILES string of the molecule is CCN(C(=O)[C@@H](C)OC(=O)Cc1cc(OC)c(OC)c(OC)c1)c1ccccc1. The molecule has 7 heteroatoms. The third kappa shape index (κ3) is 5.40. The van der Waals surface area contributed by atoms with E-state index in [0.717, 1.165) is 5.69 Å². The number of carbonyl (C=O) groups is 2. The molecular formula is C22H27NO6. The molecule has 0 aliphatic heterocycles. The number of nitrogens with zero attached hydrogens (tertiary/aromatic N) is 1. The van der Waals surface area contributed by atoms with Crippen LogP contribution in [0, 0.1) is 0 Å². The molecule has 2 rings (SSSR count). The van der Waals surface area contributed by atoms with E-state index in [0.29, 0.717) is 29.4 Å². The van der Waals surface area contributed by atoms with Crippen LogP contribution in [-0.2, 0) is 20.7 Å². The van der Waals surface area contributed by atoms with Crippen LogP contribution in [0.15, 0.2) is 42.5 Å². The molecule has 1 amide bonds. The highest BCUT2D eigenvalue weighted by Crippen LogP contribution is 2.38. The number of carbonyl (C=O) groups excluding carboxylic acids is 2. The number of likely N-dealkylation sites (N-methyl/N-ethyl adjacent to an activating group) is 1. The van der Waals surface area contributed by atoms with E-state index in [9.17, 15) is 9.59 Å². The van der Waals surface area contributed by atoms with Crippen LogP contribution in [0.4, 0.5) is 5.69 Å².